The molecule has 34 heavy (non-hydrogen) atoms. The Labute approximate surface area is 199 Å². The van der Waals surface area contributed by atoms with Crippen molar-refractivity contribution in [1.82, 2.24) is 10.1 Å². The van der Waals surface area contributed by atoms with E-state index in [-0.39, 0.29) is 11.7 Å². The summed E-state index contributed by atoms with van der Waals surface area (Å²) in [5.41, 5.74) is 1.85. The summed E-state index contributed by atoms with van der Waals surface area (Å²) < 4.78 is 30.8. The quantitative estimate of drug-likeness (QED) is 0.332. The lowest BCUT2D eigenvalue weighted by molar-refractivity contribution is 0.167. The second-order valence-corrected chi connectivity index (χ2v) is 8.78. The fourth-order valence-corrected chi connectivity index (χ4v) is 4.77. The van der Waals surface area contributed by atoms with Gasteiger partial charge in [-0.05, 0) is 61.8 Å². The summed E-state index contributed by atoms with van der Waals surface area (Å²) in [6.45, 7) is 3.38. The summed E-state index contributed by atoms with van der Waals surface area (Å²) in [6.07, 6.45) is 1.96. The summed E-state index contributed by atoms with van der Waals surface area (Å²) in [7, 11) is 1.64. The highest BCUT2D eigenvalue weighted by Crippen LogP contribution is 2.34. The van der Waals surface area contributed by atoms with Crippen LogP contribution in [-0.2, 0) is 0 Å². The van der Waals surface area contributed by atoms with Crippen molar-refractivity contribution in [1.29, 1.82) is 0 Å². The molecule has 5 rings (SSSR count). The fraction of sp³-hybridized carbons (Fsp3) is 0.321. The van der Waals surface area contributed by atoms with Gasteiger partial charge in [-0.15, -0.1) is 0 Å². The second kappa shape index (κ2) is 10.3. The maximum absolute atomic E-state index is 13.5. The van der Waals surface area contributed by atoms with Crippen molar-refractivity contribution < 1.29 is 18.4 Å². The highest BCUT2D eigenvalue weighted by Gasteiger charge is 2.27. The number of methoxy groups -OCH3 is 1. The minimum absolute atomic E-state index is 0.223. The number of hydrogen-bond acceptors (Lipinski definition) is 5. The average Bonchev–Trinajstić information content (AvgIpc) is 3.30. The van der Waals surface area contributed by atoms with Crippen molar-refractivity contribution in [2.24, 2.45) is 0 Å². The van der Waals surface area contributed by atoms with E-state index in [1.54, 1.807) is 19.2 Å². The molecule has 1 radical (unpaired) electrons. The van der Waals surface area contributed by atoms with E-state index in [1.807, 2.05) is 18.2 Å². The third-order valence-electron chi connectivity index (χ3n) is 6.62. The van der Waals surface area contributed by atoms with Crippen molar-refractivity contribution in [2.45, 2.75) is 24.7 Å². The molecule has 1 unspecified atom stereocenters. The Kier molecular flexibility index (Phi) is 6.77. The number of halogens is 1. The maximum Gasteiger partial charge on any atom is 0.161 e. The van der Waals surface area contributed by atoms with Crippen LogP contribution in [0.5, 0.6) is 11.5 Å². The lowest BCUT2D eigenvalue weighted by atomic mass is 9.91. The molecule has 1 saturated heterocycles. The van der Waals surface area contributed by atoms with Gasteiger partial charge in [-0.3, -0.25) is 0 Å². The van der Waals surface area contributed by atoms with Crippen LogP contribution < -0.4 is 9.47 Å². The zero-order valence-corrected chi connectivity index (χ0v) is 19.2. The first kappa shape index (κ1) is 22.4. The van der Waals surface area contributed by atoms with Crippen LogP contribution in [0.25, 0.3) is 10.9 Å². The van der Waals surface area contributed by atoms with Gasteiger partial charge in [0, 0.05) is 29.8 Å². The molecule has 0 aliphatic carbocycles. The monoisotopic (exact) mass is 459 g/mol. The molecule has 5 nitrogen and oxygen atoms in total. The number of aromatic nitrogens is 1. The van der Waals surface area contributed by atoms with Gasteiger partial charge >= 0.3 is 0 Å². The molecule has 4 aromatic rings. The van der Waals surface area contributed by atoms with Crippen LogP contribution in [0.1, 0.15) is 36.0 Å². The van der Waals surface area contributed by atoms with Crippen molar-refractivity contribution in [2.75, 3.05) is 33.4 Å². The summed E-state index contributed by atoms with van der Waals surface area (Å²) in [6, 6.07) is 23.7. The molecular formula is C28H28FN2O3. The molecule has 0 amide bonds. The first-order chi connectivity index (χ1) is 16.7. The van der Waals surface area contributed by atoms with Crippen LogP contribution in [0, 0.1) is 11.9 Å². The van der Waals surface area contributed by atoms with Gasteiger partial charge in [0.05, 0.1) is 13.7 Å². The van der Waals surface area contributed by atoms with E-state index in [2.05, 4.69) is 40.4 Å². The van der Waals surface area contributed by atoms with Crippen molar-refractivity contribution in [3.8, 4) is 11.5 Å². The molecule has 6 heteroatoms. The van der Waals surface area contributed by atoms with Gasteiger partial charge in [-0.25, -0.2) is 4.39 Å². The van der Waals surface area contributed by atoms with E-state index in [0.717, 1.165) is 49.4 Å². The maximum atomic E-state index is 13.5. The highest BCUT2D eigenvalue weighted by atomic mass is 19.1. The van der Waals surface area contributed by atoms with E-state index in [9.17, 15) is 4.39 Å². The Morgan fingerprint density at radius 1 is 1.12 bits per heavy atom. The normalized spacial score (nSPS) is 15.9. The van der Waals surface area contributed by atoms with Crippen LogP contribution in [0.3, 0.4) is 0 Å². The smallest absolute Gasteiger partial charge is 0.161 e. The molecule has 0 saturated carbocycles. The molecule has 0 N–H and O–H groups in total. The molecule has 0 spiro atoms. The zero-order valence-electron chi connectivity index (χ0n) is 19.2. The summed E-state index contributed by atoms with van der Waals surface area (Å²) in [4.78, 5) is 2.49. The van der Waals surface area contributed by atoms with E-state index >= 15 is 0 Å². The molecule has 3 aromatic carbocycles. The lowest BCUT2D eigenvalue weighted by Crippen LogP contribution is -2.37. The molecule has 1 atom stereocenters. The third kappa shape index (κ3) is 4.92. The van der Waals surface area contributed by atoms with Gasteiger partial charge in [0.15, 0.2) is 11.5 Å². The van der Waals surface area contributed by atoms with Gasteiger partial charge in [0.25, 0.3) is 0 Å². The van der Waals surface area contributed by atoms with Crippen LogP contribution in [-0.4, -0.2) is 43.4 Å². The summed E-state index contributed by atoms with van der Waals surface area (Å²) >= 11 is 0. The van der Waals surface area contributed by atoms with Crippen molar-refractivity contribution in [3.05, 3.63) is 89.9 Å². The Bertz CT molecular complexity index is 1220. The predicted molar refractivity (Wildman–Crippen MR) is 129 cm³/mol. The topological polar surface area (TPSA) is 47.7 Å². The summed E-state index contributed by atoms with van der Waals surface area (Å²) in [5.74, 6) is 2.53. The Hall–Kier alpha value is -3.38. The number of fused-ring (bicyclic) bond motifs is 1. The second-order valence-electron chi connectivity index (χ2n) is 8.78. The number of benzene rings is 3. The molecule has 1 fully saturated rings. The van der Waals surface area contributed by atoms with E-state index < -0.39 is 0 Å². The largest absolute Gasteiger partial charge is 0.493 e. The van der Waals surface area contributed by atoms with Gasteiger partial charge in [0.1, 0.15) is 17.1 Å². The van der Waals surface area contributed by atoms with Gasteiger partial charge in [-0.2, -0.15) is 0 Å². The molecule has 2 heterocycles. The molecule has 0 bridgehead atoms. The minimum Gasteiger partial charge on any atom is -0.493 e. The van der Waals surface area contributed by atoms with E-state index in [0.29, 0.717) is 23.8 Å². The molecule has 175 valence electrons. The molecule has 1 aliphatic heterocycles. The Morgan fingerprint density at radius 2 is 1.94 bits per heavy atom. The van der Waals surface area contributed by atoms with Crippen LogP contribution >= 0.6 is 0 Å². The van der Waals surface area contributed by atoms with Gasteiger partial charge in [-0.1, -0.05) is 41.6 Å². The third-order valence-corrected chi connectivity index (χ3v) is 6.62. The molecule has 1 aliphatic rings. The Balaban J connectivity index is 1.25. The average molecular weight is 460 g/mol. The number of hydrogen-bond donors (Lipinski definition) is 0. The number of rotatable bonds is 8. The standard InChI is InChI=1S/C28H28FN2O3/c1-32-26-9-5-6-10-27(26)33-19-22(20-7-3-2-4-8-20)18-31-15-13-21(14-16-31)28-24-12-11-23(29)17-25(24)30-34-28/h2-4,6-12,17,21-22H,13-16,18-19H2,1H3. The van der Waals surface area contributed by atoms with Crippen LogP contribution in [0.2, 0.25) is 0 Å². The number of ether oxygens (including phenoxy) is 2. The van der Waals surface area contributed by atoms with Crippen LogP contribution in [0.15, 0.2) is 71.3 Å². The van der Waals surface area contributed by atoms with Gasteiger partial charge < -0.3 is 18.9 Å². The molecule has 1 aromatic heterocycles. The SMILES string of the molecule is COc1c[c]ccc1OCC(CN1CCC(c2onc3cc(F)ccc23)CC1)c1ccccc1. The first-order valence-corrected chi connectivity index (χ1v) is 11.7. The van der Waals surface area contributed by atoms with Crippen molar-refractivity contribution in [3.63, 3.8) is 0 Å². The highest BCUT2D eigenvalue weighted by molar-refractivity contribution is 5.80. The summed E-state index contributed by atoms with van der Waals surface area (Å²) in [5, 5.41) is 4.99. The van der Waals surface area contributed by atoms with Crippen LogP contribution in [0.4, 0.5) is 4.39 Å². The van der Waals surface area contributed by atoms with Crippen molar-refractivity contribution >= 4 is 10.9 Å². The Morgan fingerprint density at radius 3 is 2.74 bits per heavy atom. The number of likely N-dealkylation sites (tertiary alicyclic amines) is 1. The zero-order chi connectivity index (χ0) is 23.3. The minimum atomic E-state index is -0.289. The fourth-order valence-electron chi connectivity index (χ4n) is 4.77. The first-order valence-electron chi connectivity index (χ1n) is 11.7. The number of piperidine rings is 1. The number of nitrogens with zero attached hydrogens (tertiary/aromatic N) is 2. The van der Waals surface area contributed by atoms with Gasteiger partial charge in [0.2, 0.25) is 0 Å². The van der Waals surface area contributed by atoms with E-state index in [1.165, 1.54) is 17.7 Å². The lowest BCUT2D eigenvalue weighted by Gasteiger charge is -2.33. The predicted octanol–water partition coefficient (Wildman–Crippen LogP) is 5.82. The van der Waals surface area contributed by atoms with E-state index in [4.69, 9.17) is 14.0 Å². The molecular weight excluding hydrogens is 431 g/mol.